The van der Waals surface area contributed by atoms with Gasteiger partial charge in [0.25, 0.3) is 0 Å². The Morgan fingerprint density at radius 3 is 2.50 bits per heavy atom. The van der Waals surface area contributed by atoms with E-state index in [2.05, 4.69) is 9.88 Å². The van der Waals surface area contributed by atoms with Crippen LogP contribution in [0.3, 0.4) is 0 Å². The number of piperidine rings is 1. The fourth-order valence-electron chi connectivity index (χ4n) is 3.90. The molecule has 2 aliphatic rings. The van der Waals surface area contributed by atoms with Crippen molar-refractivity contribution in [3.8, 4) is 0 Å². The van der Waals surface area contributed by atoms with Crippen molar-refractivity contribution < 1.29 is 4.39 Å². The molecule has 0 radical (unpaired) electrons. The number of pyridine rings is 1. The van der Waals surface area contributed by atoms with E-state index in [1.54, 1.807) is 0 Å². The standard InChI is InChI=1S/C16H24FN3/c17-14-10-13(11-18)15(19-12-14)20-8-6-16(7-9-20)4-2-1-3-5-16/h10,12H,1-9,11,18H2. The maximum absolute atomic E-state index is 13.3. The molecule has 1 aliphatic carbocycles. The first-order chi connectivity index (χ1) is 9.72. The molecule has 1 aliphatic heterocycles. The highest BCUT2D eigenvalue weighted by Crippen LogP contribution is 2.45. The van der Waals surface area contributed by atoms with Gasteiger partial charge in [0.1, 0.15) is 11.6 Å². The molecule has 2 N–H and O–H groups in total. The lowest BCUT2D eigenvalue weighted by atomic mass is 9.68. The van der Waals surface area contributed by atoms with E-state index in [9.17, 15) is 4.39 Å². The zero-order valence-electron chi connectivity index (χ0n) is 12.1. The molecule has 2 fully saturated rings. The number of nitrogens with zero attached hydrogens (tertiary/aromatic N) is 2. The summed E-state index contributed by atoms with van der Waals surface area (Å²) in [7, 11) is 0. The van der Waals surface area contributed by atoms with Crippen molar-refractivity contribution >= 4 is 5.82 Å². The molecule has 3 rings (SSSR count). The third-order valence-electron chi connectivity index (χ3n) is 5.17. The van der Waals surface area contributed by atoms with Crippen LogP contribution in [-0.4, -0.2) is 18.1 Å². The molecule has 20 heavy (non-hydrogen) atoms. The first-order valence-electron chi connectivity index (χ1n) is 7.82. The van der Waals surface area contributed by atoms with Gasteiger partial charge in [-0.15, -0.1) is 0 Å². The Balaban J connectivity index is 1.71. The van der Waals surface area contributed by atoms with Crippen molar-refractivity contribution in [1.82, 2.24) is 4.98 Å². The largest absolute Gasteiger partial charge is 0.356 e. The van der Waals surface area contributed by atoms with Crippen molar-refractivity contribution in [3.05, 3.63) is 23.6 Å². The van der Waals surface area contributed by atoms with E-state index in [0.717, 1.165) is 24.5 Å². The maximum Gasteiger partial charge on any atom is 0.141 e. The number of aromatic nitrogens is 1. The van der Waals surface area contributed by atoms with E-state index in [1.165, 1.54) is 57.2 Å². The third kappa shape index (κ3) is 2.66. The zero-order chi connectivity index (χ0) is 14.0. The van der Waals surface area contributed by atoms with Gasteiger partial charge in [0.15, 0.2) is 0 Å². The number of rotatable bonds is 2. The quantitative estimate of drug-likeness (QED) is 0.902. The molecular formula is C16H24FN3. The van der Waals surface area contributed by atoms with Gasteiger partial charge < -0.3 is 10.6 Å². The number of hydrogen-bond acceptors (Lipinski definition) is 3. The Morgan fingerprint density at radius 2 is 1.85 bits per heavy atom. The van der Waals surface area contributed by atoms with Crippen LogP contribution < -0.4 is 10.6 Å². The normalized spacial score (nSPS) is 22.2. The van der Waals surface area contributed by atoms with Crippen LogP contribution in [0.15, 0.2) is 12.3 Å². The predicted octanol–water partition coefficient (Wildman–Crippen LogP) is 3.23. The lowest BCUT2D eigenvalue weighted by Crippen LogP contribution is -2.42. The Kier molecular flexibility index (Phi) is 3.92. The molecule has 3 nitrogen and oxygen atoms in total. The van der Waals surface area contributed by atoms with Gasteiger partial charge in [0, 0.05) is 25.2 Å². The summed E-state index contributed by atoms with van der Waals surface area (Å²) in [5.41, 5.74) is 7.13. The highest BCUT2D eigenvalue weighted by molar-refractivity contribution is 5.47. The molecule has 0 aromatic carbocycles. The molecule has 4 heteroatoms. The van der Waals surface area contributed by atoms with Gasteiger partial charge in [-0.3, -0.25) is 0 Å². The summed E-state index contributed by atoms with van der Waals surface area (Å²) in [4.78, 5) is 6.57. The zero-order valence-corrected chi connectivity index (χ0v) is 12.1. The van der Waals surface area contributed by atoms with Crippen LogP contribution in [0.5, 0.6) is 0 Å². The van der Waals surface area contributed by atoms with Gasteiger partial charge >= 0.3 is 0 Å². The Morgan fingerprint density at radius 1 is 1.15 bits per heavy atom. The Hall–Kier alpha value is -1.16. The maximum atomic E-state index is 13.3. The van der Waals surface area contributed by atoms with Gasteiger partial charge in [0.05, 0.1) is 6.20 Å². The SMILES string of the molecule is NCc1cc(F)cnc1N1CCC2(CCCCC2)CC1. The number of nitrogens with two attached hydrogens (primary N) is 1. The van der Waals surface area contributed by atoms with E-state index >= 15 is 0 Å². The second-order valence-electron chi connectivity index (χ2n) is 6.39. The van der Waals surface area contributed by atoms with Gasteiger partial charge in [-0.05, 0) is 37.2 Å². The Bertz CT molecular complexity index is 459. The summed E-state index contributed by atoms with van der Waals surface area (Å²) < 4.78 is 13.3. The van der Waals surface area contributed by atoms with Crippen molar-refractivity contribution in [2.45, 2.75) is 51.5 Å². The minimum atomic E-state index is -0.296. The van der Waals surface area contributed by atoms with Gasteiger partial charge in [-0.2, -0.15) is 0 Å². The fourth-order valence-corrected chi connectivity index (χ4v) is 3.90. The van der Waals surface area contributed by atoms with Crippen LogP contribution >= 0.6 is 0 Å². The topological polar surface area (TPSA) is 42.1 Å². The Labute approximate surface area is 120 Å². The average molecular weight is 277 g/mol. The molecule has 1 saturated carbocycles. The van der Waals surface area contributed by atoms with Crippen molar-refractivity contribution in [2.75, 3.05) is 18.0 Å². The molecule has 1 aromatic heterocycles. The summed E-state index contributed by atoms with van der Waals surface area (Å²) in [6.45, 7) is 2.42. The minimum Gasteiger partial charge on any atom is -0.356 e. The van der Waals surface area contributed by atoms with E-state index in [4.69, 9.17) is 5.73 Å². The first-order valence-corrected chi connectivity index (χ1v) is 7.82. The molecule has 1 aromatic rings. The lowest BCUT2D eigenvalue weighted by Gasteiger charge is -2.45. The molecule has 0 unspecified atom stereocenters. The van der Waals surface area contributed by atoms with Crippen LogP contribution in [0, 0.1) is 11.2 Å². The molecule has 1 spiro atoms. The number of anilines is 1. The second kappa shape index (κ2) is 5.68. The first kappa shape index (κ1) is 13.8. The van der Waals surface area contributed by atoms with E-state index in [-0.39, 0.29) is 5.82 Å². The number of hydrogen-bond donors (Lipinski definition) is 1. The molecule has 0 bridgehead atoms. The summed E-state index contributed by atoms with van der Waals surface area (Å²) in [5, 5.41) is 0. The molecule has 2 heterocycles. The lowest BCUT2D eigenvalue weighted by molar-refractivity contribution is 0.144. The molecule has 0 atom stereocenters. The monoisotopic (exact) mass is 277 g/mol. The summed E-state index contributed by atoms with van der Waals surface area (Å²) in [6, 6.07) is 1.52. The molecular weight excluding hydrogens is 253 g/mol. The average Bonchev–Trinajstić information content (AvgIpc) is 2.49. The van der Waals surface area contributed by atoms with Crippen LogP contribution in [0.2, 0.25) is 0 Å². The van der Waals surface area contributed by atoms with Crippen LogP contribution in [0.4, 0.5) is 10.2 Å². The van der Waals surface area contributed by atoms with Crippen LogP contribution in [0.1, 0.15) is 50.5 Å². The highest BCUT2D eigenvalue weighted by atomic mass is 19.1. The summed E-state index contributed by atoms with van der Waals surface area (Å²) >= 11 is 0. The van der Waals surface area contributed by atoms with Crippen LogP contribution in [0.25, 0.3) is 0 Å². The molecule has 0 amide bonds. The molecule has 1 saturated heterocycles. The third-order valence-corrected chi connectivity index (χ3v) is 5.17. The second-order valence-corrected chi connectivity index (χ2v) is 6.39. The van der Waals surface area contributed by atoms with Gasteiger partial charge in [-0.25, -0.2) is 9.37 Å². The fraction of sp³-hybridized carbons (Fsp3) is 0.688. The van der Waals surface area contributed by atoms with Gasteiger partial charge in [-0.1, -0.05) is 19.3 Å². The smallest absolute Gasteiger partial charge is 0.141 e. The summed E-state index contributed by atoms with van der Waals surface area (Å²) in [5.74, 6) is 0.592. The summed E-state index contributed by atoms with van der Waals surface area (Å²) in [6.07, 6.45) is 10.8. The minimum absolute atomic E-state index is 0.296. The highest BCUT2D eigenvalue weighted by Gasteiger charge is 2.36. The van der Waals surface area contributed by atoms with E-state index in [0.29, 0.717) is 12.0 Å². The number of halogens is 1. The van der Waals surface area contributed by atoms with E-state index in [1.807, 2.05) is 0 Å². The predicted molar refractivity (Wildman–Crippen MR) is 79.1 cm³/mol. The van der Waals surface area contributed by atoms with Crippen molar-refractivity contribution in [1.29, 1.82) is 0 Å². The van der Waals surface area contributed by atoms with Crippen LogP contribution in [-0.2, 0) is 6.54 Å². The van der Waals surface area contributed by atoms with E-state index < -0.39 is 0 Å². The molecule has 110 valence electrons. The van der Waals surface area contributed by atoms with Gasteiger partial charge in [0.2, 0.25) is 0 Å². The van der Waals surface area contributed by atoms with Crippen molar-refractivity contribution in [2.24, 2.45) is 11.1 Å². The van der Waals surface area contributed by atoms with Crippen molar-refractivity contribution in [3.63, 3.8) is 0 Å².